The number of hydrogen-bond acceptors (Lipinski definition) is 1. The van der Waals surface area contributed by atoms with Gasteiger partial charge in [-0.05, 0) is 33.3 Å². The summed E-state index contributed by atoms with van der Waals surface area (Å²) in [6, 6.07) is 0. The van der Waals surface area contributed by atoms with Gasteiger partial charge in [0, 0.05) is 0 Å². The van der Waals surface area contributed by atoms with E-state index in [0.717, 1.165) is 12.2 Å². The second-order valence-electron chi connectivity index (χ2n) is 2.54. The summed E-state index contributed by atoms with van der Waals surface area (Å²) >= 11 is 0. The molecule has 0 aliphatic heterocycles. The quantitative estimate of drug-likeness (QED) is 0.432. The zero-order valence-corrected chi connectivity index (χ0v) is 7.27. The molecule has 58 valence electrons. The van der Waals surface area contributed by atoms with Crippen LogP contribution in [0.3, 0.4) is 0 Å². The zero-order valence-electron chi connectivity index (χ0n) is 7.27. The Hall–Kier alpha value is -0.720. The molecule has 0 aromatic heterocycles. The molecular formula is C9H16O. The van der Waals surface area contributed by atoms with Crippen LogP contribution in [0.5, 0.6) is 0 Å². The van der Waals surface area contributed by atoms with E-state index in [2.05, 4.69) is 26.0 Å². The maximum absolute atomic E-state index is 4.96. The molecule has 0 N–H and O–H groups in total. The Bertz CT molecular complexity index is 139. The van der Waals surface area contributed by atoms with Crippen LogP contribution in [-0.2, 0) is 4.74 Å². The Morgan fingerprint density at radius 3 is 2.20 bits per heavy atom. The van der Waals surface area contributed by atoms with Gasteiger partial charge in [-0.3, -0.25) is 0 Å². The molecule has 1 nitrogen and oxygen atoms in total. The highest BCUT2D eigenvalue weighted by atomic mass is 16.5. The second kappa shape index (κ2) is 5.10. The molecule has 0 atom stereocenters. The minimum absolute atomic E-state index is 0.974. The molecule has 1 heteroatoms. The number of hydrogen-bond donors (Lipinski definition) is 0. The third-order valence-electron chi connectivity index (χ3n) is 1.25. The molecular weight excluding hydrogens is 124 g/mol. The Kier molecular flexibility index (Phi) is 4.73. The van der Waals surface area contributed by atoms with Crippen molar-refractivity contribution >= 4 is 0 Å². The minimum atomic E-state index is 0.974. The maximum Gasteiger partial charge on any atom is 0.0887 e. The Morgan fingerprint density at radius 1 is 1.20 bits per heavy atom. The Morgan fingerprint density at radius 2 is 1.80 bits per heavy atom. The summed E-state index contributed by atoms with van der Waals surface area (Å²) in [4.78, 5) is 0. The molecule has 0 aliphatic rings. The van der Waals surface area contributed by atoms with Gasteiger partial charge < -0.3 is 4.74 Å². The predicted molar refractivity (Wildman–Crippen MR) is 44.8 cm³/mol. The first kappa shape index (κ1) is 9.28. The van der Waals surface area contributed by atoms with Crippen molar-refractivity contribution in [2.75, 3.05) is 7.11 Å². The highest BCUT2D eigenvalue weighted by Gasteiger charge is 1.81. The summed E-state index contributed by atoms with van der Waals surface area (Å²) in [5, 5.41) is 0. The molecule has 0 saturated heterocycles. The van der Waals surface area contributed by atoms with E-state index in [-0.39, 0.29) is 0 Å². The van der Waals surface area contributed by atoms with Crippen LogP contribution in [0.4, 0.5) is 0 Å². The molecule has 0 bridgehead atoms. The van der Waals surface area contributed by atoms with Gasteiger partial charge in [-0.1, -0.05) is 11.6 Å². The van der Waals surface area contributed by atoms with Crippen LogP contribution in [0.1, 0.15) is 27.2 Å². The van der Waals surface area contributed by atoms with Gasteiger partial charge in [0.05, 0.1) is 12.9 Å². The molecule has 0 radical (unpaired) electrons. The highest BCUT2D eigenvalue weighted by Crippen LogP contribution is 1.98. The van der Waals surface area contributed by atoms with Crippen LogP contribution in [0, 0.1) is 0 Å². The first-order valence-electron chi connectivity index (χ1n) is 3.51. The highest BCUT2D eigenvalue weighted by molar-refractivity contribution is 5.00. The van der Waals surface area contributed by atoms with Gasteiger partial charge in [0.1, 0.15) is 0 Å². The van der Waals surface area contributed by atoms with Crippen LogP contribution < -0.4 is 0 Å². The summed E-state index contributed by atoms with van der Waals surface area (Å²) in [6.45, 7) is 6.14. The zero-order chi connectivity index (χ0) is 7.98. The van der Waals surface area contributed by atoms with Crippen molar-refractivity contribution < 1.29 is 4.74 Å². The van der Waals surface area contributed by atoms with E-state index in [1.54, 1.807) is 7.11 Å². The smallest absolute Gasteiger partial charge is 0.0887 e. The molecule has 10 heavy (non-hydrogen) atoms. The third-order valence-corrected chi connectivity index (χ3v) is 1.25. The van der Waals surface area contributed by atoms with Crippen molar-refractivity contribution in [2.45, 2.75) is 27.2 Å². The molecule has 0 aliphatic carbocycles. The van der Waals surface area contributed by atoms with Gasteiger partial charge in [-0.25, -0.2) is 0 Å². The fourth-order valence-electron chi connectivity index (χ4n) is 0.544. The van der Waals surface area contributed by atoms with Gasteiger partial charge >= 0.3 is 0 Å². The van der Waals surface area contributed by atoms with Gasteiger partial charge in [0.2, 0.25) is 0 Å². The Balaban J connectivity index is 3.63. The SMILES string of the molecule is CO/C(C)=C/CC=C(C)C. The third kappa shape index (κ3) is 5.42. The first-order valence-corrected chi connectivity index (χ1v) is 3.51. The summed E-state index contributed by atoms with van der Waals surface area (Å²) < 4.78 is 4.96. The summed E-state index contributed by atoms with van der Waals surface area (Å²) in [6.07, 6.45) is 5.21. The van der Waals surface area contributed by atoms with E-state index in [1.165, 1.54) is 5.57 Å². The molecule has 0 saturated carbocycles. The van der Waals surface area contributed by atoms with Gasteiger partial charge in [-0.15, -0.1) is 0 Å². The normalized spacial score (nSPS) is 11.0. The van der Waals surface area contributed by atoms with E-state index >= 15 is 0 Å². The summed E-state index contributed by atoms with van der Waals surface area (Å²) in [7, 11) is 1.69. The average Bonchev–Trinajstić information content (AvgIpc) is 1.87. The lowest BCUT2D eigenvalue weighted by molar-refractivity contribution is 0.292. The van der Waals surface area contributed by atoms with E-state index in [4.69, 9.17) is 4.74 Å². The predicted octanol–water partition coefficient (Wildman–Crippen LogP) is 2.89. The molecule has 0 rings (SSSR count). The van der Waals surface area contributed by atoms with Crippen molar-refractivity contribution in [3.8, 4) is 0 Å². The van der Waals surface area contributed by atoms with E-state index in [1.807, 2.05) is 6.92 Å². The van der Waals surface area contributed by atoms with Crippen LogP contribution >= 0.6 is 0 Å². The van der Waals surface area contributed by atoms with Crippen molar-refractivity contribution in [1.82, 2.24) is 0 Å². The van der Waals surface area contributed by atoms with E-state index < -0.39 is 0 Å². The number of ether oxygens (including phenoxy) is 1. The number of allylic oxidation sites excluding steroid dienone is 4. The second-order valence-corrected chi connectivity index (χ2v) is 2.54. The monoisotopic (exact) mass is 140 g/mol. The minimum Gasteiger partial charge on any atom is -0.502 e. The molecule has 0 aromatic carbocycles. The van der Waals surface area contributed by atoms with Crippen LogP contribution in [0.25, 0.3) is 0 Å². The van der Waals surface area contributed by atoms with E-state index in [0.29, 0.717) is 0 Å². The average molecular weight is 140 g/mol. The van der Waals surface area contributed by atoms with Crippen molar-refractivity contribution in [3.63, 3.8) is 0 Å². The molecule has 0 spiro atoms. The van der Waals surface area contributed by atoms with E-state index in [9.17, 15) is 0 Å². The fourth-order valence-corrected chi connectivity index (χ4v) is 0.544. The molecule has 0 fully saturated rings. The van der Waals surface area contributed by atoms with Gasteiger partial charge in [-0.2, -0.15) is 0 Å². The van der Waals surface area contributed by atoms with Gasteiger partial charge in [0.15, 0.2) is 0 Å². The van der Waals surface area contributed by atoms with Crippen LogP contribution in [-0.4, -0.2) is 7.11 Å². The Labute approximate surface area is 63.4 Å². The topological polar surface area (TPSA) is 9.23 Å². The lowest BCUT2D eigenvalue weighted by atomic mass is 10.2. The first-order chi connectivity index (χ1) is 4.66. The lowest BCUT2D eigenvalue weighted by Gasteiger charge is -1.95. The number of rotatable bonds is 3. The van der Waals surface area contributed by atoms with Crippen molar-refractivity contribution in [2.24, 2.45) is 0 Å². The molecule has 0 unspecified atom stereocenters. The standard InChI is InChI=1S/C9H16O/c1-8(2)6-5-7-9(3)10-4/h6-7H,5H2,1-4H3/b9-7+. The molecule has 0 amide bonds. The maximum atomic E-state index is 4.96. The summed E-state index contributed by atoms with van der Waals surface area (Å²) in [5.74, 6) is 0.984. The number of methoxy groups -OCH3 is 1. The van der Waals surface area contributed by atoms with Crippen LogP contribution in [0.2, 0.25) is 0 Å². The van der Waals surface area contributed by atoms with Gasteiger partial charge in [0.25, 0.3) is 0 Å². The van der Waals surface area contributed by atoms with Crippen molar-refractivity contribution in [3.05, 3.63) is 23.5 Å². The van der Waals surface area contributed by atoms with Crippen molar-refractivity contribution in [1.29, 1.82) is 0 Å². The molecule has 0 heterocycles. The molecule has 0 aromatic rings. The lowest BCUT2D eigenvalue weighted by Crippen LogP contribution is -1.77. The van der Waals surface area contributed by atoms with Crippen LogP contribution in [0.15, 0.2) is 23.5 Å². The summed E-state index contributed by atoms with van der Waals surface area (Å²) in [5.41, 5.74) is 1.35. The largest absolute Gasteiger partial charge is 0.502 e. The fraction of sp³-hybridized carbons (Fsp3) is 0.556.